The first-order chi connectivity index (χ1) is 10.2. The third-order valence-electron chi connectivity index (χ3n) is 3.82. The van der Waals surface area contributed by atoms with Crippen molar-refractivity contribution in [2.45, 2.75) is 25.3 Å². The fourth-order valence-corrected chi connectivity index (χ4v) is 2.75. The number of carbonyl (C=O) groups excluding carboxylic acids is 1. The van der Waals surface area contributed by atoms with Crippen LogP contribution in [-0.4, -0.2) is 22.2 Å². The van der Waals surface area contributed by atoms with Crippen LogP contribution in [0.1, 0.15) is 24.3 Å². The van der Waals surface area contributed by atoms with Crippen molar-refractivity contribution in [3.63, 3.8) is 0 Å². The van der Waals surface area contributed by atoms with Gasteiger partial charge in [0.15, 0.2) is 0 Å². The first-order valence-corrected chi connectivity index (χ1v) is 7.62. The van der Waals surface area contributed by atoms with Crippen molar-refractivity contribution in [1.82, 2.24) is 15.1 Å². The lowest BCUT2D eigenvalue weighted by Gasteiger charge is -2.05. The van der Waals surface area contributed by atoms with Crippen molar-refractivity contribution < 1.29 is 4.79 Å². The average molecular weight is 304 g/mol. The summed E-state index contributed by atoms with van der Waals surface area (Å²) in [5, 5.41) is 7.75. The second-order valence-electron chi connectivity index (χ2n) is 5.43. The van der Waals surface area contributed by atoms with Crippen LogP contribution in [0.15, 0.2) is 42.7 Å². The third-order valence-corrected chi connectivity index (χ3v) is 4.02. The zero-order chi connectivity index (χ0) is 14.7. The molecule has 1 aromatic heterocycles. The van der Waals surface area contributed by atoms with Gasteiger partial charge in [-0.2, -0.15) is 5.10 Å². The molecule has 0 saturated heterocycles. The number of hydrogen-bond acceptors (Lipinski definition) is 2. The molecule has 21 heavy (non-hydrogen) atoms. The van der Waals surface area contributed by atoms with Gasteiger partial charge in [-0.15, -0.1) is 0 Å². The lowest BCUT2D eigenvalue weighted by atomic mass is 10.1. The number of halogens is 1. The number of carbonyl (C=O) groups is 1. The summed E-state index contributed by atoms with van der Waals surface area (Å²) in [5.74, 6) is 0.713. The van der Waals surface area contributed by atoms with Gasteiger partial charge in [-0.05, 0) is 24.3 Å². The van der Waals surface area contributed by atoms with Crippen molar-refractivity contribution in [1.29, 1.82) is 0 Å². The Hall–Kier alpha value is -1.81. The monoisotopic (exact) mass is 303 g/mol. The van der Waals surface area contributed by atoms with E-state index in [1.807, 2.05) is 18.2 Å². The van der Waals surface area contributed by atoms with E-state index in [9.17, 15) is 4.79 Å². The zero-order valence-corrected chi connectivity index (χ0v) is 12.5. The van der Waals surface area contributed by atoms with Crippen LogP contribution in [0.4, 0.5) is 0 Å². The molecule has 1 fully saturated rings. The molecule has 1 aliphatic rings. The van der Waals surface area contributed by atoms with Gasteiger partial charge in [0.05, 0.1) is 11.2 Å². The van der Waals surface area contributed by atoms with Crippen LogP contribution in [0.3, 0.4) is 0 Å². The largest absolute Gasteiger partial charge is 0.356 e. The molecule has 2 atom stereocenters. The Morgan fingerprint density at radius 1 is 1.38 bits per heavy atom. The molecule has 0 aliphatic heterocycles. The number of rotatable bonds is 6. The molecule has 3 rings (SSSR count). The predicted octanol–water partition coefficient (Wildman–Crippen LogP) is 2.85. The van der Waals surface area contributed by atoms with Gasteiger partial charge in [0.1, 0.15) is 0 Å². The molecule has 1 aliphatic carbocycles. The number of nitrogens with zero attached hydrogens (tertiary/aromatic N) is 2. The fraction of sp³-hybridized carbons (Fsp3) is 0.375. The number of nitrogens with one attached hydrogen (secondary N) is 1. The van der Waals surface area contributed by atoms with E-state index in [2.05, 4.69) is 22.5 Å². The van der Waals surface area contributed by atoms with Crippen LogP contribution in [0.25, 0.3) is 0 Å². The van der Waals surface area contributed by atoms with E-state index >= 15 is 0 Å². The quantitative estimate of drug-likeness (QED) is 0.834. The third kappa shape index (κ3) is 3.64. The van der Waals surface area contributed by atoms with Gasteiger partial charge in [0, 0.05) is 25.2 Å². The van der Waals surface area contributed by atoms with Crippen molar-refractivity contribution in [3.8, 4) is 0 Å². The van der Waals surface area contributed by atoms with E-state index in [0.717, 1.165) is 19.4 Å². The molecule has 0 radical (unpaired) electrons. The molecule has 0 spiro atoms. The van der Waals surface area contributed by atoms with Gasteiger partial charge in [-0.1, -0.05) is 41.9 Å². The first kappa shape index (κ1) is 14.1. The number of hydrogen-bond donors (Lipinski definition) is 1. The minimum absolute atomic E-state index is 0.145. The summed E-state index contributed by atoms with van der Waals surface area (Å²) < 4.78 is 1.79. The summed E-state index contributed by atoms with van der Waals surface area (Å²) in [6.45, 7) is 1.44. The topological polar surface area (TPSA) is 46.9 Å². The molecule has 1 saturated carbocycles. The molecule has 2 unspecified atom stereocenters. The van der Waals surface area contributed by atoms with Crippen molar-refractivity contribution in [2.24, 2.45) is 5.92 Å². The fourth-order valence-electron chi connectivity index (χ4n) is 2.60. The van der Waals surface area contributed by atoms with Crippen molar-refractivity contribution in [2.75, 3.05) is 6.54 Å². The van der Waals surface area contributed by atoms with Gasteiger partial charge >= 0.3 is 0 Å². The molecule has 0 bridgehead atoms. The molecular weight excluding hydrogens is 286 g/mol. The van der Waals surface area contributed by atoms with Crippen LogP contribution in [-0.2, 0) is 11.3 Å². The van der Waals surface area contributed by atoms with Crippen LogP contribution in [0.5, 0.6) is 0 Å². The second kappa shape index (κ2) is 6.31. The summed E-state index contributed by atoms with van der Waals surface area (Å²) in [7, 11) is 0. The van der Waals surface area contributed by atoms with Gasteiger partial charge in [0.2, 0.25) is 5.91 Å². The summed E-state index contributed by atoms with van der Waals surface area (Å²) >= 11 is 5.79. The summed E-state index contributed by atoms with van der Waals surface area (Å²) in [4.78, 5) is 12.0. The van der Waals surface area contributed by atoms with Crippen LogP contribution >= 0.6 is 11.6 Å². The first-order valence-electron chi connectivity index (χ1n) is 7.24. The summed E-state index contributed by atoms with van der Waals surface area (Å²) in [5.41, 5.74) is 1.27. The van der Waals surface area contributed by atoms with Gasteiger partial charge < -0.3 is 5.32 Å². The van der Waals surface area contributed by atoms with E-state index in [1.54, 1.807) is 17.1 Å². The number of benzene rings is 1. The number of aromatic nitrogens is 2. The van der Waals surface area contributed by atoms with Gasteiger partial charge in [-0.25, -0.2) is 0 Å². The van der Waals surface area contributed by atoms with Crippen molar-refractivity contribution >= 4 is 17.5 Å². The molecule has 5 heteroatoms. The van der Waals surface area contributed by atoms with Crippen molar-refractivity contribution in [3.05, 3.63) is 53.3 Å². The molecule has 1 aromatic carbocycles. The highest BCUT2D eigenvalue weighted by atomic mass is 35.5. The lowest BCUT2D eigenvalue weighted by molar-refractivity contribution is -0.122. The van der Waals surface area contributed by atoms with E-state index < -0.39 is 0 Å². The highest BCUT2D eigenvalue weighted by Gasteiger charge is 2.43. The molecular formula is C16H18ClN3O. The Balaban J connectivity index is 1.38. The Morgan fingerprint density at radius 2 is 2.19 bits per heavy atom. The maximum absolute atomic E-state index is 12.0. The number of amides is 1. The van der Waals surface area contributed by atoms with Gasteiger partial charge in [-0.3, -0.25) is 9.48 Å². The van der Waals surface area contributed by atoms with E-state index in [1.165, 1.54) is 5.56 Å². The van der Waals surface area contributed by atoms with Gasteiger partial charge in [0.25, 0.3) is 0 Å². The molecule has 1 amide bonds. The van der Waals surface area contributed by atoms with Crippen LogP contribution in [0, 0.1) is 5.92 Å². The maximum atomic E-state index is 12.0. The molecule has 110 valence electrons. The Morgan fingerprint density at radius 3 is 2.90 bits per heavy atom. The van der Waals surface area contributed by atoms with E-state index in [-0.39, 0.29) is 11.8 Å². The normalized spacial score (nSPS) is 20.2. The molecule has 1 heterocycles. The zero-order valence-electron chi connectivity index (χ0n) is 11.7. The average Bonchev–Trinajstić information content (AvgIpc) is 3.21. The highest BCUT2D eigenvalue weighted by molar-refractivity contribution is 6.30. The Labute approximate surface area is 129 Å². The maximum Gasteiger partial charge on any atom is 0.223 e. The Bertz CT molecular complexity index is 611. The van der Waals surface area contributed by atoms with E-state index in [4.69, 9.17) is 11.6 Å². The smallest absolute Gasteiger partial charge is 0.223 e. The van der Waals surface area contributed by atoms with Crippen LogP contribution in [0.2, 0.25) is 5.02 Å². The minimum Gasteiger partial charge on any atom is -0.356 e. The number of aryl methyl sites for hydroxylation is 1. The minimum atomic E-state index is 0.145. The SMILES string of the molecule is O=C(NCCCn1cc(Cl)cn1)C1CC1c1ccccc1. The lowest BCUT2D eigenvalue weighted by Crippen LogP contribution is -2.27. The molecule has 2 aromatic rings. The summed E-state index contributed by atoms with van der Waals surface area (Å²) in [6, 6.07) is 10.2. The second-order valence-corrected chi connectivity index (χ2v) is 5.86. The summed E-state index contributed by atoms with van der Waals surface area (Å²) in [6.07, 6.45) is 5.22. The van der Waals surface area contributed by atoms with E-state index in [0.29, 0.717) is 17.5 Å². The highest BCUT2D eigenvalue weighted by Crippen LogP contribution is 2.47. The Kier molecular flexibility index (Phi) is 4.25. The van der Waals surface area contributed by atoms with Crippen LogP contribution < -0.4 is 5.32 Å². The standard InChI is InChI=1S/C16H18ClN3O/c17-13-10-19-20(11-13)8-4-7-18-16(21)15-9-14(15)12-5-2-1-3-6-12/h1-3,5-6,10-11,14-15H,4,7-9H2,(H,18,21). The predicted molar refractivity (Wildman–Crippen MR) is 82.2 cm³/mol. The molecule has 4 nitrogen and oxygen atoms in total. The molecule has 1 N–H and O–H groups in total.